The van der Waals surface area contributed by atoms with Gasteiger partial charge in [-0.05, 0) is 52.4 Å². The highest BCUT2D eigenvalue weighted by molar-refractivity contribution is 5.97. The summed E-state index contributed by atoms with van der Waals surface area (Å²) in [4.78, 5) is 15.6. The lowest BCUT2D eigenvalue weighted by Crippen LogP contribution is -1.99. The number of carbonyl (C=O) groups excluding carboxylic acids is 1. The fourth-order valence-electron chi connectivity index (χ4n) is 3.49. The fourth-order valence-corrected chi connectivity index (χ4v) is 3.49. The first-order valence-corrected chi connectivity index (χ1v) is 12.1. The summed E-state index contributed by atoms with van der Waals surface area (Å²) in [5.41, 5.74) is 0.864. The second kappa shape index (κ2) is 22.1. The Hall–Kier alpha value is -1.18. The Morgan fingerprint density at radius 1 is 0.679 bits per heavy atom. The molecule has 1 amide bonds. The summed E-state index contributed by atoms with van der Waals surface area (Å²) in [7, 11) is 0. The van der Waals surface area contributed by atoms with Gasteiger partial charge in [0.15, 0.2) is 0 Å². The molecule has 0 aromatic rings. The van der Waals surface area contributed by atoms with Gasteiger partial charge >= 0.3 is 0 Å². The molecule has 0 atom stereocenters. The first-order valence-electron chi connectivity index (χ1n) is 12.1. The summed E-state index contributed by atoms with van der Waals surface area (Å²) in [5, 5.41) is 0. The summed E-state index contributed by atoms with van der Waals surface area (Å²) in [6.45, 7) is 6.00. The molecule has 0 bridgehead atoms. The predicted octanol–water partition coefficient (Wildman–Crippen LogP) is 8.76. The van der Waals surface area contributed by atoms with E-state index in [2.05, 4.69) is 24.1 Å². The number of allylic oxidation sites excluding steroid dienone is 3. The smallest absolute Gasteiger partial charge is 0.267 e. The summed E-state index contributed by atoms with van der Waals surface area (Å²) in [5.74, 6) is -0.0639. The highest BCUT2D eigenvalue weighted by Crippen LogP contribution is 2.14. The van der Waals surface area contributed by atoms with E-state index < -0.39 is 0 Å². The highest BCUT2D eigenvalue weighted by atomic mass is 16.1. The molecule has 0 aliphatic heterocycles. The molecule has 0 heterocycles. The molecule has 2 nitrogen and oxygen atoms in total. The van der Waals surface area contributed by atoms with Crippen LogP contribution in [0.5, 0.6) is 0 Å². The van der Waals surface area contributed by atoms with Crippen LogP contribution in [0.25, 0.3) is 0 Å². The Morgan fingerprint density at radius 3 is 1.61 bits per heavy atom. The molecule has 2 heteroatoms. The molecule has 0 saturated heterocycles. The Kier molecular flexibility index (Phi) is 21.2. The van der Waals surface area contributed by atoms with Crippen LogP contribution in [0.15, 0.2) is 28.8 Å². The van der Waals surface area contributed by atoms with E-state index in [4.69, 9.17) is 0 Å². The van der Waals surface area contributed by atoms with E-state index in [0.717, 1.165) is 18.4 Å². The summed E-state index contributed by atoms with van der Waals surface area (Å²) in [6, 6.07) is 0. The monoisotopic (exact) mass is 389 g/mol. The van der Waals surface area contributed by atoms with Crippen molar-refractivity contribution in [1.29, 1.82) is 0 Å². The Morgan fingerprint density at radius 2 is 1.14 bits per heavy atom. The molecule has 0 fully saturated rings. The molecule has 0 spiro atoms. The maximum Gasteiger partial charge on any atom is 0.272 e. The second-order valence-electron chi connectivity index (χ2n) is 7.90. The van der Waals surface area contributed by atoms with Crippen molar-refractivity contribution in [3.05, 3.63) is 23.8 Å². The van der Waals surface area contributed by atoms with Gasteiger partial charge in [-0.1, -0.05) is 95.8 Å². The molecule has 0 N–H and O–H groups in total. The minimum absolute atomic E-state index is 0.0639. The first-order chi connectivity index (χ1) is 13.8. The number of hydrogen-bond acceptors (Lipinski definition) is 1. The number of hydrogen-bond donors (Lipinski definition) is 0. The number of nitrogens with zero attached hydrogens (tertiary/aromatic N) is 1. The third-order valence-corrected chi connectivity index (χ3v) is 5.33. The zero-order valence-corrected chi connectivity index (χ0v) is 19.2. The molecule has 162 valence electrons. The van der Waals surface area contributed by atoms with Crippen molar-refractivity contribution in [2.75, 3.05) is 0 Å². The van der Waals surface area contributed by atoms with Crippen LogP contribution in [0.2, 0.25) is 0 Å². The highest BCUT2D eigenvalue weighted by Gasteiger charge is 2.05. The minimum Gasteiger partial charge on any atom is -0.267 e. The van der Waals surface area contributed by atoms with Crippen LogP contribution >= 0.6 is 0 Å². The third-order valence-electron chi connectivity index (χ3n) is 5.33. The van der Waals surface area contributed by atoms with Gasteiger partial charge in [-0.3, -0.25) is 4.79 Å². The zero-order valence-electron chi connectivity index (χ0n) is 19.2. The molecule has 28 heavy (non-hydrogen) atoms. The van der Waals surface area contributed by atoms with Gasteiger partial charge in [0.25, 0.3) is 5.91 Å². The number of rotatable bonds is 19. The maximum absolute atomic E-state index is 11.7. The zero-order chi connectivity index (χ0) is 20.7. The van der Waals surface area contributed by atoms with Crippen molar-refractivity contribution in [3.63, 3.8) is 0 Å². The van der Waals surface area contributed by atoms with E-state index in [1.165, 1.54) is 96.3 Å². The Labute approximate surface area is 176 Å². The van der Waals surface area contributed by atoms with E-state index in [1.807, 2.05) is 13.0 Å². The molecule has 0 aliphatic carbocycles. The molecular weight excluding hydrogens is 342 g/mol. The molecule has 0 radical (unpaired) electrons. The van der Waals surface area contributed by atoms with Crippen LogP contribution < -0.4 is 0 Å². The average molecular weight is 390 g/mol. The minimum atomic E-state index is -0.0639. The van der Waals surface area contributed by atoms with Crippen molar-refractivity contribution in [2.45, 2.75) is 130 Å². The van der Waals surface area contributed by atoms with Gasteiger partial charge in [-0.15, -0.1) is 0 Å². The topological polar surface area (TPSA) is 29.4 Å². The van der Waals surface area contributed by atoms with E-state index in [-0.39, 0.29) is 5.91 Å². The molecular formula is C26H47NO. The van der Waals surface area contributed by atoms with Gasteiger partial charge in [0.05, 0.1) is 0 Å². The normalized spacial score (nSPS) is 12.5. The lowest BCUT2D eigenvalue weighted by atomic mass is 10.0. The second-order valence-corrected chi connectivity index (χ2v) is 7.90. The van der Waals surface area contributed by atoms with Gasteiger partial charge in [-0.2, -0.15) is 0 Å². The fraction of sp³-hybridized carbons (Fsp3) is 0.769. The van der Waals surface area contributed by atoms with Gasteiger partial charge in [0, 0.05) is 11.8 Å². The average Bonchev–Trinajstić information content (AvgIpc) is 2.70. The SMILES string of the molecule is CC=NC(=O)/C(=C/C)CCCCCCCCCC/C=C\CCCCCCCC. The lowest BCUT2D eigenvalue weighted by Gasteiger charge is -2.04. The van der Waals surface area contributed by atoms with E-state index in [9.17, 15) is 4.79 Å². The molecule has 0 aliphatic rings. The van der Waals surface area contributed by atoms with Crippen molar-refractivity contribution in [3.8, 4) is 0 Å². The van der Waals surface area contributed by atoms with Gasteiger partial charge < -0.3 is 0 Å². The largest absolute Gasteiger partial charge is 0.272 e. The van der Waals surface area contributed by atoms with E-state index >= 15 is 0 Å². The molecule has 0 aromatic heterocycles. The van der Waals surface area contributed by atoms with Crippen molar-refractivity contribution < 1.29 is 4.79 Å². The molecule has 0 saturated carbocycles. The lowest BCUT2D eigenvalue weighted by molar-refractivity contribution is -0.114. The molecule has 0 unspecified atom stereocenters. The van der Waals surface area contributed by atoms with Crippen LogP contribution in [0.4, 0.5) is 0 Å². The summed E-state index contributed by atoms with van der Waals surface area (Å²) >= 11 is 0. The quantitative estimate of drug-likeness (QED) is 0.0939. The van der Waals surface area contributed by atoms with Gasteiger partial charge in [-0.25, -0.2) is 4.99 Å². The number of unbranched alkanes of at least 4 members (excludes halogenated alkanes) is 14. The first kappa shape index (κ1) is 26.8. The van der Waals surface area contributed by atoms with Crippen LogP contribution in [-0.2, 0) is 4.79 Å². The van der Waals surface area contributed by atoms with Crippen LogP contribution in [0.3, 0.4) is 0 Å². The summed E-state index contributed by atoms with van der Waals surface area (Å²) < 4.78 is 0. The standard InChI is InChI=1S/C26H47NO/c1-4-7-8-9-10-11-12-13-14-15-16-17-18-19-20-21-22-23-24-25(5-2)26(28)27-6-3/h5-6,13-14H,4,7-12,15-24H2,1-3H3/b14-13-,25-5+,27-6?. The maximum atomic E-state index is 11.7. The van der Waals surface area contributed by atoms with Gasteiger partial charge in [0.2, 0.25) is 0 Å². The van der Waals surface area contributed by atoms with Crippen molar-refractivity contribution >= 4 is 12.1 Å². The number of amides is 1. The van der Waals surface area contributed by atoms with Crippen LogP contribution in [0, 0.1) is 0 Å². The van der Waals surface area contributed by atoms with E-state index in [1.54, 1.807) is 13.1 Å². The van der Waals surface area contributed by atoms with Crippen LogP contribution in [0.1, 0.15) is 130 Å². The number of aliphatic imine (C=N–C) groups is 1. The van der Waals surface area contributed by atoms with Crippen LogP contribution in [-0.4, -0.2) is 12.1 Å². The predicted molar refractivity (Wildman–Crippen MR) is 126 cm³/mol. The molecule has 0 aromatic carbocycles. The summed E-state index contributed by atoms with van der Waals surface area (Å²) in [6.07, 6.45) is 30.5. The molecule has 0 rings (SSSR count). The van der Waals surface area contributed by atoms with Gasteiger partial charge in [0.1, 0.15) is 0 Å². The Balaban J connectivity index is 3.33. The number of carbonyl (C=O) groups is 1. The van der Waals surface area contributed by atoms with E-state index in [0.29, 0.717) is 0 Å². The van der Waals surface area contributed by atoms with Crippen molar-refractivity contribution in [2.24, 2.45) is 4.99 Å². The third kappa shape index (κ3) is 18.2. The van der Waals surface area contributed by atoms with Crippen molar-refractivity contribution in [1.82, 2.24) is 0 Å². The Bertz CT molecular complexity index is 434.